The van der Waals surface area contributed by atoms with Crippen LogP contribution in [0.25, 0.3) is 0 Å². The van der Waals surface area contributed by atoms with Crippen LogP contribution >= 0.6 is 0 Å². The average Bonchev–Trinajstić information content (AvgIpc) is 2.91. The number of hydrogen-bond acceptors (Lipinski definition) is 5. The third kappa shape index (κ3) is 3.15. The van der Waals surface area contributed by atoms with Crippen molar-refractivity contribution in [2.45, 2.75) is 57.5 Å². The summed E-state index contributed by atoms with van der Waals surface area (Å²) in [5.41, 5.74) is 0. The van der Waals surface area contributed by atoms with Crippen LogP contribution in [0.1, 0.15) is 56.7 Å². The molecule has 1 saturated heterocycles. The molecule has 1 saturated carbocycles. The average molecular weight is 264 g/mol. The van der Waals surface area contributed by atoms with E-state index < -0.39 is 0 Å². The fraction of sp³-hybridized carbons (Fsp3) is 0.857. The van der Waals surface area contributed by atoms with E-state index in [9.17, 15) is 0 Å². The maximum absolute atomic E-state index is 5.48. The molecule has 5 heteroatoms. The van der Waals surface area contributed by atoms with Crippen LogP contribution in [0.15, 0.2) is 4.52 Å². The molecule has 5 nitrogen and oxygen atoms in total. The van der Waals surface area contributed by atoms with Gasteiger partial charge in [-0.25, -0.2) is 0 Å². The van der Waals surface area contributed by atoms with Gasteiger partial charge >= 0.3 is 0 Å². The maximum Gasteiger partial charge on any atom is 0.229 e. The lowest BCUT2D eigenvalue weighted by atomic mass is 9.89. The van der Waals surface area contributed by atoms with E-state index in [0.717, 1.165) is 37.9 Å². The van der Waals surface area contributed by atoms with Crippen LogP contribution in [0, 0.1) is 0 Å². The lowest BCUT2D eigenvalue weighted by Crippen LogP contribution is -2.49. The van der Waals surface area contributed by atoms with Crippen LogP contribution in [0.2, 0.25) is 0 Å². The highest BCUT2D eigenvalue weighted by atomic mass is 16.5. The molecule has 106 valence electrons. The molecule has 1 atom stereocenters. The van der Waals surface area contributed by atoms with Crippen LogP contribution in [-0.4, -0.2) is 40.7 Å². The first-order valence-corrected chi connectivity index (χ1v) is 7.60. The van der Waals surface area contributed by atoms with Gasteiger partial charge < -0.3 is 9.84 Å². The van der Waals surface area contributed by atoms with E-state index in [1.54, 1.807) is 0 Å². The van der Waals surface area contributed by atoms with Crippen LogP contribution < -0.4 is 5.32 Å². The Kier molecular flexibility index (Phi) is 4.13. The van der Waals surface area contributed by atoms with Gasteiger partial charge in [0, 0.05) is 31.6 Å². The van der Waals surface area contributed by atoms with Crippen molar-refractivity contribution in [3.63, 3.8) is 0 Å². The normalized spacial score (nSPS) is 26.7. The highest BCUT2D eigenvalue weighted by Gasteiger charge is 2.24. The molecule has 0 amide bonds. The van der Waals surface area contributed by atoms with E-state index in [0.29, 0.717) is 12.0 Å². The molecule has 1 N–H and O–H groups in total. The van der Waals surface area contributed by atoms with Gasteiger partial charge in [0.05, 0.1) is 6.54 Å². The van der Waals surface area contributed by atoms with Gasteiger partial charge in [-0.15, -0.1) is 0 Å². The Balaban J connectivity index is 1.60. The number of rotatable bonds is 3. The molecule has 1 aromatic rings. The molecule has 1 aliphatic heterocycles. The predicted molar refractivity (Wildman–Crippen MR) is 72.9 cm³/mol. The van der Waals surface area contributed by atoms with Crippen molar-refractivity contribution >= 4 is 0 Å². The second kappa shape index (κ2) is 6.01. The summed E-state index contributed by atoms with van der Waals surface area (Å²) in [5, 5.41) is 7.57. The summed E-state index contributed by atoms with van der Waals surface area (Å²) >= 11 is 0. The van der Waals surface area contributed by atoms with Crippen molar-refractivity contribution in [3.8, 4) is 0 Å². The summed E-state index contributed by atoms with van der Waals surface area (Å²) < 4.78 is 5.48. The van der Waals surface area contributed by atoms with Gasteiger partial charge in [0.25, 0.3) is 0 Å². The minimum absolute atomic E-state index is 0.510. The summed E-state index contributed by atoms with van der Waals surface area (Å²) in [6.07, 6.45) is 6.39. The molecule has 1 aliphatic carbocycles. The van der Waals surface area contributed by atoms with E-state index in [1.165, 1.54) is 32.1 Å². The quantitative estimate of drug-likeness (QED) is 0.904. The monoisotopic (exact) mass is 264 g/mol. The Labute approximate surface area is 114 Å². The zero-order valence-electron chi connectivity index (χ0n) is 11.8. The maximum atomic E-state index is 5.48. The molecule has 1 aromatic heterocycles. The van der Waals surface area contributed by atoms with Gasteiger partial charge in [-0.05, 0) is 19.8 Å². The first kappa shape index (κ1) is 13.1. The third-order valence-corrected chi connectivity index (χ3v) is 4.42. The summed E-state index contributed by atoms with van der Waals surface area (Å²) in [6.45, 7) is 6.23. The SMILES string of the molecule is C[C@@H]1CNCCN1Cc1noc(C2CCCCC2)n1. The van der Waals surface area contributed by atoms with Gasteiger partial charge in [0.1, 0.15) is 0 Å². The third-order valence-electron chi connectivity index (χ3n) is 4.42. The molecular formula is C14H24N4O. The van der Waals surface area contributed by atoms with Crippen molar-refractivity contribution in [1.29, 1.82) is 0 Å². The highest BCUT2D eigenvalue weighted by molar-refractivity contribution is 4.96. The van der Waals surface area contributed by atoms with E-state index in [-0.39, 0.29) is 0 Å². The summed E-state index contributed by atoms with van der Waals surface area (Å²) in [5.74, 6) is 2.24. The van der Waals surface area contributed by atoms with Gasteiger partial charge in [-0.1, -0.05) is 24.4 Å². The Bertz CT molecular complexity index is 400. The molecule has 2 aliphatic rings. The van der Waals surface area contributed by atoms with Crippen molar-refractivity contribution in [3.05, 3.63) is 11.7 Å². The predicted octanol–water partition coefficient (Wildman–Crippen LogP) is 1.91. The fourth-order valence-electron chi connectivity index (χ4n) is 3.15. The van der Waals surface area contributed by atoms with E-state index in [4.69, 9.17) is 4.52 Å². The highest BCUT2D eigenvalue weighted by Crippen LogP contribution is 2.31. The molecule has 0 unspecified atom stereocenters. The van der Waals surface area contributed by atoms with Gasteiger partial charge in [-0.2, -0.15) is 4.98 Å². The molecule has 3 rings (SSSR count). The smallest absolute Gasteiger partial charge is 0.229 e. The molecule has 19 heavy (non-hydrogen) atoms. The number of piperazine rings is 1. The first-order chi connectivity index (χ1) is 9.33. The minimum atomic E-state index is 0.510. The molecule has 0 spiro atoms. The van der Waals surface area contributed by atoms with Crippen molar-refractivity contribution in [2.24, 2.45) is 0 Å². The molecule has 2 fully saturated rings. The Morgan fingerprint density at radius 1 is 1.32 bits per heavy atom. The lowest BCUT2D eigenvalue weighted by Gasteiger charge is -2.32. The second-order valence-electron chi connectivity index (χ2n) is 5.91. The Morgan fingerprint density at radius 3 is 2.95 bits per heavy atom. The van der Waals surface area contributed by atoms with Crippen molar-refractivity contribution < 1.29 is 4.52 Å². The molecule has 0 radical (unpaired) electrons. The Morgan fingerprint density at radius 2 is 2.16 bits per heavy atom. The van der Waals surface area contributed by atoms with Crippen molar-refractivity contribution in [1.82, 2.24) is 20.4 Å². The van der Waals surface area contributed by atoms with Crippen LogP contribution in [0.3, 0.4) is 0 Å². The number of aromatic nitrogens is 2. The standard InChI is InChI=1S/C14H24N4O/c1-11-9-15-7-8-18(11)10-13-16-14(19-17-13)12-5-3-2-4-6-12/h11-12,15H,2-10H2,1H3/t11-/m1/s1. The fourth-order valence-corrected chi connectivity index (χ4v) is 3.15. The topological polar surface area (TPSA) is 54.2 Å². The zero-order chi connectivity index (χ0) is 13.1. The molecular weight excluding hydrogens is 240 g/mol. The second-order valence-corrected chi connectivity index (χ2v) is 5.91. The molecule has 2 heterocycles. The van der Waals surface area contributed by atoms with Gasteiger partial charge in [0.2, 0.25) is 5.89 Å². The van der Waals surface area contributed by atoms with Gasteiger partial charge in [-0.3, -0.25) is 4.90 Å². The molecule has 0 bridgehead atoms. The van der Waals surface area contributed by atoms with Crippen LogP contribution in [0.5, 0.6) is 0 Å². The number of nitrogens with one attached hydrogen (secondary N) is 1. The van der Waals surface area contributed by atoms with Crippen molar-refractivity contribution in [2.75, 3.05) is 19.6 Å². The lowest BCUT2D eigenvalue weighted by molar-refractivity contribution is 0.160. The number of hydrogen-bond donors (Lipinski definition) is 1. The van der Waals surface area contributed by atoms with E-state index in [2.05, 4.69) is 27.3 Å². The minimum Gasteiger partial charge on any atom is -0.339 e. The summed E-state index contributed by atoms with van der Waals surface area (Å²) in [7, 11) is 0. The van der Waals surface area contributed by atoms with Crippen LogP contribution in [0.4, 0.5) is 0 Å². The number of nitrogens with zero attached hydrogens (tertiary/aromatic N) is 3. The van der Waals surface area contributed by atoms with E-state index >= 15 is 0 Å². The van der Waals surface area contributed by atoms with Crippen LogP contribution in [-0.2, 0) is 6.54 Å². The Hall–Kier alpha value is -0.940. The molecule has 0 aromatic carbocycles. The van der Waals surface area contributed by atoms with E-state index in [1.807, 2.05) is 0 Å². The zero-order valence-corrected chi connectivity index (χ0v) is 11.8. The summed E-state index contributed by atoms with van der Waals surface area (Å²) in [6, 6.07) is 0.547. The largest absolute Gasteiger partial charge is 0.339 e. The first-order valence-electron chi connectivity index (χ1n) is 7.60. The van der Waals surface area contributed by atoms with Gasteiger partial charge in [0.15, 0.2) is 5.82 Å². The summed E-state index contributed by atoms with van der Waals surface area (Å²) in [4.78, 5) is 7.05.